The Labute approximate surface area is 211 Å². The summed E-state index contributed by atoms with van der Waals surface area (Å²) >= 11 is 0. The predicted octanol–water partition coefficient (Wildman–Crippen LogP) is 2.76. The molecule has 4 fully saturated rings. The molecule has 5 atom stereocenters. The molecule has 0 aromatic carbocycles. The molecule has 4 unspecified atom stereocenters. The van der Waals surface area contributed by atoms with E-state index in [4.69, 9.17) is 4.74 Å². The molecular formula is C25H44N4O5S. The highest BCUT2D eigenvalue weighted by Crippen LogP contribution is 2.43. The lowest BCUT2D eigenvalue weighted by molar-refractivity contribution is -0.143. The van der Waals surface area contributed by atoms with Gasteiger partial charge in [0, 0.05) is 32.6 Å². The van der Waals surface area contributed by atoms with Gasteiger partial charge < -0.3 is 14.5 Å². The van der Waals surface area contributed by atoms with E-state index in [2.05, 4.69) is 5.32 Å². The van der Waals surface area contributed by atoms with Gasteiger partial charge in [-0.2, -0.15) is 0 Å². The Morgan fingerprint density at radius 3 is 2.26 bits per heavy atom. The standard InChI is InChI=1S/C25H44N4O5S/c1-17-16-28(25(31)34-24-7-5-6-14-26-24)23-15-20(10-13-22(23)29(17)18(2)30)19-8-11-21(12-9-19)27(3)35(4,32)33/h17,19-24,26H,5-16H2,1-4H3/t17-,19?,20?,21?,22?,23?,24?/m0/s1. The molecule has 0 aromatic heterocycles. The molecule has 35 heavy (non-hydrogen) atoms. The van der Waals surface area contributed by atoms with Gasteiger partial charge in [-0.3, -0.25) is 10.1 Å². The zero-order valence-electron chi connectivity index (χ0n) is 21.8. The van der Waals surface area contributed by atoms with Crippen molar-refractivity contribution in [3.05, 3.63) is 0 Å². The number of ether oxygens (including phenoxy) is 1. The van der Waals surface area contributed by atoms with Crippen LogP contribution in [0.2, 0.25) is 0 Å². The topological polar surface area (TPSA) is 99.3 Å². The van der Waals surface area contributed by atoms with Crippen LogP contribution < -0.4 is 5.32 Å². The summed E-state index contributed by atoms with van der Waals surface area (Å²) < 4.78 is 31.4. The number of hydrogen-bond donors (Lipinski definition) is 1. The van der Waals surface area contributed by atoms with Gasteiger partial charge in [-0.25, -0.2) is 17.5 Å². The highest BCUT2D eigenvalue weighted by atomic mass is 32.2. The molecule has 200 valence electrons. The summed E-state index contributed by atoms with van der Waals surface area (Å²) in [6.45, 7) is 5.05. The van der Waals surface area contributed by atoms with Crippen LogP contribution in [0.25, 0.3) is 0 Å². The molecule has 9 nitrogen and oxygen atoms in total. The normalized spacial score (nSPS) is 36.5. The van der Waals surface area contributed by atoms with E-state index < -0.39 is 10.0 Å². The molecule has 2 amide bonds. The maximum atomic E-state index is 13.3. The molecule has 2 aliphatic carbocycles. The minimum absolute atomic E-state index is 0.0265. The van der Waals surface area contributed by atoms with Gasteiger partial charge >= 0.3 is 6.09 Å². The van der Waals surface area contributed by atoms with Crippen molar-refractivity contribution in [3.63, 3.8) is 0 Å². The van der Waals surface area contributed by atoms with Crippen molar-refractivity contribution in [2.75, 3.05) is 26.4 Å². The van der Waals surface area contributed by atoms with Crippen LogP contribution in [0.5, 0.6) is 0 Å². The average Bonchev–Trinajstić information content (AvgIpc) is 2.82. The summed E-state index contributed by atoms with van der Waals surface area (Å²) in [6.07, 6.45) is 10.4. The first kappa shape index (κ1) is 26.7. The fourth-order valence-electron chi connectivity index (χ4n) is 7.16. The number of nitrogens with one attached hydrogen (secondary N) is 1. The van der Waals surface area contributed by atoms with Crippen molar-refractivity contribution < 1.29 is 22.7 Å². The van der Waals surface area contributed by atoms with Gasteiger partial charge in [-0.1, -0.05) is 0 Å². The molecule has 0 radical (unpaired) electrons. The number of piperidine rings is 1. The lowest BCUT2D eigenvalue weighted by atomic mass is 9.69. The first-order valence-corrected chi connectivity index (χ1v) is 15.3. The third kappa shape index (κ3) is 5.96. The van der Waals surface area contributed by atoms with Gasteiger partial charge in [0.1, 0.15) is 0 Å². The molecule has 0 spiro atoms. The molecule has 1 N–H and O–H groups in total. The van der Waals surface area contributed by atoms with Gasteiger partial charge in [-0.05, 0) is 89.5 Å². The van der Waals surface area contributed by atoms with Crippen LogP contribution in [0.1, 0.15) is 78.1 Å². The molecule has 0 aromatic rings. The monoisotopic (exact) mass is 512 g/mol. The van der Waals surface area contributed by atoms with Crippen molar-refractivity contribution in [2.24, 2.45) is 11.8 Å². The SMILES string of the molecule is CC(=O)N1C2CCC(C3CCC(N(C)S(C)(=O)=O)CC3)CC2N(C(=O)OC2CCCCN2)C[C@@H]1C. The van der Waals surface area contributed by atoms with E-state index in [1.54, 1.807) is 14.0 Å². The van der Waals surface area contributed by atoms with Crippen molar-refractivity contribution in [3.8, 4) is 0 Å². The third-order valence-corrected chi connectivity index (χ3v) is 10.4. The quantitative estimate of drug-likeness (QED) is 0.622. The fraction of sp³-hybridized carbons (Fsp3) is 0.920. The number of amides is 2. The summed E-state index contributed by atoms with van der Waals surface area (Å²) in [5.74, 6) is 1.09. The maximum Gasteiger partial charge on any atom is 0.411 e. The lowest BCUT2D eigenvalue weighted by Crippen LogP contribution is -2.67. The molecular weight excluding hydrogens is 468 g/mol. The lowest BCUT2D eigenvalue weighted by Gasteiger charge is -2.54. The van der Waals surface area contributed by atoms with Crippen LogP contribution in [-0.2, 0) is 19.6 Å². The van der Waals surface area contributed by atoms with E-state index in [-0.39, 0.29) is 42.4 Å². The number of rotatable bonds is 4. The highest BCUT2D eigenvalue weighted by molar-refractivity contribution is 7.88. The van der Waals surface area contributed by atoms with Crippen LogP contribution in [0.4, 0.5) is 4.79 Å². The number of nitrogens with zero attached hydrogens (tertiary/aromatic N) is 3. The average molecular weight is 513 g/mol. The number of hydrogen-bond acceptors (Lipinski definition) is 6. The van der Waals surface area contributed by atoms with E-state index >= 15 is 0 Å². The van der Waals surface area contributed by atoms with E-state index in [0.29, 0.717) is 18.4 Å². The van der Waals surface area contributed by atoms with E-state index in [1.165, 1.54) is 10.6 Å². The number of fused-ring (bicyclic) bond motifs is 1. The molecule has 2 saturated heterocycles. The van der Waals surface area contributed by atoms with Gasteiger partial charge in [0.2, 0.25) is 15.9 Å². The van der Waals surface area contributed by atoms with Crippen LogP contribution in [-0.4, -0.2) is 91.3 Å². The number of carbonyl (C=O) groups excluding carboxylic acids is 2. The molecule has 4 aliphatic rings. The van der Waals surface area contributed by atoms with Gasteiger partial charge in [0.15, 0.2) is 6.23 Å². The van der Waals surface area contributed by atoms with Crippen LogP contribution in [0.15, 0.2) is 0 Å². The Hall–Kier alpha value is -1.39. The molecule has 2 saturated carbocycles. The minimum atomic E-state index is -3.18. The van der Waals surface area contributed by atoms with Crippen LogP contribution in [0, 0.1) is 11.8 Å². The second kappa shape index (κ2) is 10.9. The first-order chi connectivity index (χ1) is 16.6. The molecule has 4 rings (SSSR count). The summed E-state index contributed by atoms with van der Waals surface area (Å²) in [7, 11) is -1.49. The second-order valence-corrected chi connectivity index (χ2v) is 13.3. The summed E-state index contributed by atoms with van der Waals surface area (Å²) in [6, 6.07) is 0.0587. The number of sulfonamides is 1. The van der Waals surface area contributed by atoms with E-state index in [1.807, 2.05) is 16.7 Å². The summed E-state index contributed by atoms with van der Waals surface area (Å²) in [5, 5.41) is 3.30. The summed E-state index contributed by atoms with van der Waals surface area (Å²) in [5.41, 5.74) is 0. The predicted molar refractivity (Wildman–Crippen MR) is 134 cm³/mol. The van der Waals surface area contributed by atoms with Crippen molar-refractivity contribution in [2.45, 2.75) is 108 Å². The number of piperazine rings is 1. The largest absolute Gasteiger partial charge is 0.430 e. The molecule has 2 heterocycles. The Morgan fingerprint density at radius 2 is 1.66 bits per heavy atom. The van der Waals surface area contributed by atoms with Gasteiger partial charge in [0.25, 0.3) is 0 Å². The van der Waals surface area contributed by atoms with E-state index in [0.717, 1.165) is 70.8 Å². The van der Waals surface area contributed by atoms with Crippen LogP contribution >= 0.6 is 0 Å². The molecule has 10 heteroatoms. The fourth-order valence-corrected chi connectivity index (χ4v) is 7.91. The smallest absolute Gasteiger partial charge is 0.411 e. The Bertz CT molecular complexity index is 869. The second-order valence-electron chi connectivity index (χ2n) is 11.3. The Morgan fingerprint density at radius 1 is 0.971 bits per heavy atom. The van der Waals surface area contributed by atoms with Gasteiger partial charge in [0.05, 0.1) is 18.3 Å². The van der Waals surface area contributed by atoms with E-state index in [9.17, 15) is 18.0 Å². The third-order valence-electron chi connectivity index (χ3n) is 9.07. The number of carbonyl (C=O) groups is 2. The van der Waals surface area contributed by atoms with Gasteiger partial charge in [-0.15, -0.1) is 0 Å². The maximum absolute atomic E-state index is 13.3. The highest BCUT2D eigenvalue weighted by Gasteiger charge is 2.48. The Kier molecular flexibility index (Phi) is 8.32. The minimum Gasteiger partial charge on any atom is -0.430 e. The summed E-state index contributed by atoms with van der Waals surface area (Å²) in [4.78, 5) is 29.8. The first-order valence-electron chi connectivity index (χ1n) is 13.5. The van der Waals surface area contributed by atoms with Crippen molar-refractivity contribution in [1.29, 1.82) is 0 Å². The Balaban J connectivity index is 1.44. The zero-order chi connectivity index (χ0) is 25.3. The molecule has 0 bridgehead atoms. The van der Waals surface area contributed by atoms with Crippen molar-refractivity contribution >= 4 is 22.0 Å². The molecule has 2 aliphatic heterocycles. The van der Waals surface area contributed by atoms with Crippen LogP contribution in [0.3, 0.4) is 0 Å². The zero-order valence-corrected chi connectivity index (χ0v) is 22.6. The van der Waals surface area contributed by atoms with Crippen molar-refractivity contribution in [1.82, 2.24) is 19.4 Å².